The Balaban J connectivity index is 0.000000483. The number of carbonyl (C=O) groups is 1. The zero-order valence-corrected chi connectivity index (χ0v) is 16.8. The van der Waals surface area contributed by atoms with Crippen molar-refractivity contribution < 1.29 is 24.5 Å². The number of carboxylic acid groups (broad SMARTS) is 1. The first kappa shape index (κ1) is 25.3. The molecule has 8 heteroatoms. The Morgan fingerprint density at radius 1 is 1.04 bits per heavy atom. The molecule has 0 amide bonds. The summed E-state index contributed by atoms with van der Waals surface area (Å²) in [6.45, 7) is 2.25. The molecule has 0 fully saturated rings. The van der Waals surface area contributed by atoms with Gasteiger partial charge in [-0.3, -0.25) is 4.79 Å². The average molecular weight is 393 g/mol. The van der Waals surface area contributed by atoms with Crippen LogP contribution in [-0.4, -0.2) is 52.5 Å². The highest BCUT2D eigenvalue weighted by Crippen LogP contribution is 2.21. The van der Waals surface area contributed by atoms with Crippen LogP contribution in [0.25, 0.3) is 0 Å². The van der Waals surface area contributed by atoms with Gasteiger partial charge in [0.2, 0.25) is 0 Å². The number of aliphatic hydroxyl groups is 1. The van der Waals surface area contributed by atoms with E-state index in [1.165, 1.54) is 51.8 Å². The maximum Gasteiger partial charge on any atom is 0.322 e. The first-order valence-corrected chi connectivity index (χ1v) is 9.17. The topological polar surface area (TPSA) is 115 Å². The van der Waals surface area contributed by atoms with E-state index < -0.39 is 0 Å². The number of aromatic nitrogens is 3. The van der Waals surface area contributed by atoms with Gasteiger partial charge in [0.25, 0.3) is 6.47 Å². The minimum absolute atomic E-state index is 0.250. The molecule has 0 saturated heterocycles. The summed E-state index contributed by atoms with van der Waals surface area (Å²) < 4.78 is 9.43. The molecule has 1 unspecified atom stereocenters. The highest BCUT2D eigenvalue weighted by Gasteiger charge is 2.08. The van der Waals surface area contributed by atoms with E-state index in [-0.39, 0.29) is 25.1 Å². The van der Waals surface area contributed by atoms with Crippen molar-refractivity contribution in [1.82, 2.24) is 15.0 Å². The van der Waals surface area contributed by atoms with Gasteiger partial charge in [-0.15, -0.1) is 4.98 Å². The van der Waals surface area contributed by atoms with Crippen LogP contribution in [0.3, 0.4) is 0 Å². The normalized spacial score (nSPS) is 10.4. The minimum atomic E-state index is -0.250. The second-order valence-electron chi connectivity index (χ2n) is 5.70. The summed E-state index contributed by atoms with van der Waals surface area (Å²) in [6.07, 6.45) is 7.54. The third kappa shape index (κ3) is 11.8. The molecule has 28 heavy (non-hydrogen) atoms. The van der Waals surface area contributed by atoms with Gasteiger partial charge in [0.1, 0.15) is 6.33 Å². The number of rotatable bonds is 9. The van der Waals surface area contributed by atoms with Crippen LogP contribution in [0.15, 0.2) is 36.7 Å². The summed E-state index contributed by atoms with van der Waals surface area (Å²) in [7, 11) is 2.96. The molecule has 1 atom stereocenters. The van der Waals surface area contributed by atoms with E-state index in [0.717, 1.165) is 6.42 Å². The van der Waals surface area contributed by atoms with E-state index in [1.807, 2.05) is 18.2 Å². The van der Waals surface area contributed by atoms with Crippen molar-refractivity contribution in [2.24, 2.45) is 0 Å². The van der Waals surface area contributed by atoms with E-state index in [9.17, 15) is 5.11 Å². The summed E-state index contributed by atoms with van der Waals surface area (Å²) >= 11 is 0. The maximum atomic E-state index is 9.34. The summed E-state index contributed by atoms with van der Waals surface area (Å²) in [4.78, 5) is 19.5. The van der Waals surface area contributed by atoms with E-state index >= 15 is 0 Å². The fraction of sp³-hybridized carbons (Fsp3) is 0.500. The number of aliphatic hydroxyl groups excluding tert-OH is 1. The highest BCUT2D eigenvalue weighted by molar-refractivity contribution is 5.32. The van der Waals surface area contributed by atoms with Gasteiger partial charge >= 0.3 is 12.0 Å². The van der Waals surface area contributed by atoms with E-state index in [2.05, 4.69) is 34.0 Å². The fourth-order valence-electron chi connectivity index (χ4n) is 2.37. The molecule has 0 aliphatic rings. The van der Waals surface area contributed by atoms with Crippen molar-refractivity contribution in [1.29, 1.82) is 0 Å². The number of nitrogens with zero attached hydrogens (tertiary/aromatic N) is 3. The number of unbranched alkanes of at least 4 members (excludes halogenated alkanes) is 3. The van der Waals surface area contributed by atoms with Gasteiger partial charge in [0.15, 0.2) is 0 Å². The number of ether oxygens (including phenoxy) is 2. The molecule has 1 aromatic heterocycles. The average Bonchev–Trinajstić information content (AvgIpc) is 2.75. The molecular formula is C20H31N3O5. The number of methoxy groups -OCH3 is 2. The van der Waals surface area contributed by atoms with Crippen molar-refractivity contribution >= 4 is 6.47 Å². The molecule has 2 aromatic rings. The Bertz CT molecular complexity index is 595. The summed E-state index contributed by atoms with van der Waals surface area (Å²) in [5, 5.41) is 16.2. The van der Waals surface area contributed by atoms with Crippen LogP contribution >= 0.6 is 0 Å². The number of hydrogen-bond acceptors (Lipinski definition) is 7. The summed E-state index contributed by atoms with van der Waals surface area (Å²) in [5.74, 6) is 0.336. The van der Waals surface area contributed by atoms with Crippen molar-refractivity contribution in [3.8, 4) is 12.0 Å². The van der Waals surface area contributed by atoms with Crippen molar-refractivity contribution in [3.05, 3.63) is 42.2 Å². The standard InChI is InChI=1S/C14H22O.C5H7N3O2.CH2O2/c1-2-3-4-6-11-14(12-15)13-9-7-5-8-10-13;1-9-4-6-3-7-5(8-4)10-2;2-1-3/h5,7-10,14-15H,2-4,6,11-12H2,1H3;3H,1-2H3;1H,(H,2,3). The van der Waals surface area contributed by atoms with Gasteiger partial charge in [-0.05, 0) is 12.0 Å². The van der Waals surface area contributed by atoms with Crippen LogP contribution in [0, 0.1) is 0 Å². The quantitative estimate of drug-likeness (QED) is 0.492. The van der Waals surface area contributed by atoms with Gasteiger partial charge in [-0.1, -0.05) is 62.9 Å². The van der Waals surface area contributed by atoms with Gasteiger partial charge in [-0.2, -0.15) is 9.97 Å². The molecule has 0 aliphatic carbocycles. The maximum absolute atomic E-state index is 9.34. The molecule has 0 aliphatic heterocycles. The van der Waals surface area contributed by atoms with Crippen LogP contribution in [0.2, 0.25) is 0 Å². The lowest BCUT2D eigenvalue weighted by Crippen LogP contribution is -2.03. The molecule has 0 bridgehead atoms. The van der Waals surface area contributed by atoms with E-state index in [1.54, 1.807) is 0 Å². The zero-order chi connectivity index (χ0) is 21.0. The first-order chi connectivity index (χ1) is 13.7. The third-order valence-electron chi connectivity index (χ3n) is 3.79. The first-order valence-electron chi connectivity index (χ1n) is 9.17. The Morgan fingerprint density at radius 3 is 2.07 bits per heavy atom. The summed E-state index contributed by atoms with van der Waals surface area (Å²) in [5.41, 5.74) is 1.27. The molecule has 1 aromatic carbocycles. The lowest BCUT2D eigenvalue weighted by atomic mass is 9.94. The lowest BCUT2D eigenvalue weighted by Gasteiger charge is -2.14. The molecule has 8 nitrogen and oxygen atoms in total. The third-order valence-corrected chi connectivity index (χ3v) is 3.79. The Kier molecular flexibility index (Phi) is 15.9. The molecule has 2 rings (SSSR count). The van der Waals surface area contributed by atoms with Crippen LogP contribution in [0.5, 0.6) is 12.0 Å². The second kappa shape index (κ2) is 17.7. The van der Waals surface area contributed by atoms with Crippen molar-refractivity contribution in [2.75, 3.05) is 20.8 Å². The monoisotopic (exact) mass is 393 g/mol. The molecule has 1 heterocycles. The number of hydrogen-bond donors (Lipinski definition) is 2. The Hall–Kier alpha value is -2.74. The van der Waals surface area contributed by atoms with Crippen LogP contribution in [-0.2, 0) is 4.79 Å². The van der Waals surface area contributed by atoms with Crippen LogP contribution in [0.1, 0.15) is 50.5 Å². The number of benzene rings is 1. The molecular weight excluding hydrogens is 362 g/mol. The largest absolute Gasteiger partial charge is 0.483 e. The Morgan fingerprint density at radius 2 is 1.61 bits per heavy atom. The highest BCUT2D eigenvalue weighted by atomic mass is 16.5. The van der Waals surface area contributed by atoms with Gasteiger partial charge in [0, 0.05) is 12.5 Å². The zero-order valence-electron chi connectivity index (χ0n) is 16.8. The molecule has 0 saturated carbocycles. The van der Waals surface area contributed by atoms with Crippen molar-refractivity contribution in [2.45, 2.75) is 44.9 Å². The molecule has 0 spiro atoms. The molecule has 0 radical (unpaired) electrons. The van der Waals surface area contributed by atoms with Crippen molar-refractivity contribution in [3.63, 3.8) is 0 Å². The van der Waals surface area contributed by atoms with Gasteiger partial charge < -0.3 is 19.7 Å². The predicted octanol–water partition coefficient (Wildman–Crippen LogP) is 3.32. The second-order valence-corrected chi connectivity index (χ2v) is 5.70. The predicted molar refractivity (Wildman–Crippen MR) is 107 cm³/mol. The van der Waals surface area contributed by atoms with Gasteiger partial charge in [-0.25, -0.2) is 0 Å². The Labute approximate surface area is 166 Å². The van der Waals surface area contributed by atoms with E-state index in [4.69, 9.17) is 19.4 Å². The van der Waals surface area contributed by atoms with Crippen LogP contribution < -0.4 is 9.47 Å². The lowest BCUT2D eigenvalue weighted by molar-refractivity contribution is -0.122. The molecule has 156 valence electrons. The molecule has 2 N–H and O–H groups in total. The minimum Gasteiger partial charge on any atom is -0.483 e. The summed E-state index contributed by atoms with van der Waals surface area (Å²) in [6, 6.07) is 10.9. The fourth-order valence-corrected chi connectivity index (χ4v) is 2.37. The smallest absolute Gasteiger partial charge is 0.322 e. The van der Waals surface area contributed by atoms with E-state index in [0.29, 0.717) is 5.92 Å². The van der Waals surface area contributed by atoms with Crippen LogP contribution in [0.4, 0.5) is 0 Å². The van der Waals surface area contributed by atoms with Gasteiger partial charge in [0.05, 0.1) is 14.2 Å². The SMILES string of the molecule is CCCCCCC(CO)c1ccccc1.COc1ncnc(OC)n1.O=CO.